The van der Waals surface area contributed by atoms with E-state index in [4.69, 9.17) is 20.3 Å². The summed E-state index contributed by atoms with van der Waals surface area (Å²) in [5.41, 5.74) is 21.0. The molecule has 1 unspecified atom stereocenters. The molecule has 213 valence electrons. The van der Waals surface area contributed by atoms with Gasteiger partial charge in [-0.1, -0.05) is 97.1 Å². The summed E-state index contributed by atoms with van der Waals surface area (Å²) >= 11 is 0. The molecule has 6 heteroatoms. The zero-order valence-corrected chi connectivity index (χ0v) is 24.1. The van der Waals surface area contributed by atoms with Crippen molar-refractivity contribution in [1.29, 1.82) is 0 Å². The first kappa shape index (κ1) is 28.8. The van der Waals surface area contributed by atoms with Crippen LogP contribution in [0, 0.1) is 0 Å². The topological polar surface area (TPSA) is 90.3 Å². The molecule has 5 nitrogen and oxygen atoms in total. The lowest BCUT2D eigenvalue weighted by Gasteiger charge is -2.15. The third kappa shape index (κ3) is 5.69. The van der Waals surface area contributed by atoms with Crippen LogP contribution in [0.5, 0.6) is 0 Å². The predicted molar refractivity (Wildman–Crippen MR) is 184 cm³/mol. The van der Waals surface area contributed by atoms with Gasteiger partial charge in [0, 0.05) is 42.2 Å². The fourth-order valence-corrected chi connectivity index (χ4v) is 5.47. The highest BCUT2D eigenvalue weighted by Crippen LogP contribution is 2.32. The largest absolute Gasteiger partial charge is 0.456 e. The van der Waals surface area contributed by atoms with Crippen molar-refractivity contribution in [1.82, 2.24) is 0 Å². The molecule has 6 aromatic carbocycles. The summed E-state index contributed by atoms with van der Waals surface area (Å²) in [5, 5.41) is 7.87. The molecule has 8 aromatic rings. The molecular weight excluding hydrogens is 541 g/mol. The van der Waals surface area contributed by atoms with E-state index >= 15 is 0 Å². The summed E-state index contributed by atoms with van der Waals surface area (Å²) in [5.74, 6) is 0. The fraction of sp³-hybridized carbons (Fsp3) is 0.0526. The molecule has 0 aliphatic carbocycles. The number of para-hydroxylation sites is 3. The number of hydrogen-bond acceptors (Lipinski definition) is 5. The highest BCUT2D eigenvalue weighted by atomic mass is 16.3. The van der Waals surface area contributed by atoms with Crippen LogP contribution in [-0.4, -0.2) is 8.41 Å². The summed E-state index contributed by atoms with van der Waals surface area (Å²) in [4.78, 5) is 0. The molecule has 8 rings (SSSR count). The zero-order chi connectivity index (χ0) is 29.2. The molecular formula is C38H31BN3O2. The van der Waals surface area contributed by atoms with Crippen LogP contribution < -0.4 is 16.8 Å². The highest BCUT2D eigenvalue weighted by Gasteiger charge is 2.11. The maximum atomic E-state index is 6.26. The lowest BCUT2D eigenvalue weighted by atomic mass is 10.0. The first-order valence-electron chi connectivity index (χ1n) is 14.4. The van der Waals surface area contributed by atoms with Gasteiger partial charge >= 0.3 is 0 Å². The number of fused-ring (bicyclic) bond motifs is 6. The van der Waals surface area contributed by atoms with E-state index in [0.717, 1.165) is 66.3 Å². The predicted octanol–water partition coefficient (Wildman–Crippen LogP) is 8.99. The third-order valence-electron chi connectivity index (χ3n) is 7.76. The van der Waals surface area contributed by atoms with E-state index in [9.17, 15) is 0 Å². The van der Waals surface area contributed by atoms with E-state index in [-0.39, 0.29) is 14.6 Å². The van der Waals surface area contributed by atoms with Crippen LogP contribution in [-0.2, 0) is 6.54 Å². The van der Waals surface area contributed by atoms with Gasteiger partial charge in [-0.05, 0) is 64.7 Å². The van der Waals surface area contributed by atoms with Gasteiger partial charge in [-0.25, -0.2) is 0 Å². The van der Waals surface area contributed by atoms with Crippen molar-refractivity contribution in [3.63, 3.8) is 0 Å². The quantitative estimate of drug-likeness (QED) is 0.141. The van der Waals surface area contributed by atoms with Crippen LogP contribution in [0.2, 0.25) is 0 Å². The summed E-state index contributed by atoms with van der Waals surface area (Å²) in [6.07, 6.45) is -0.278. The van der Waals surface area contributed by atoms with Crippen molar-refractivity contribution in [2.45, 2.75) is 12.7 Å². The Bertz CT molecular complexity index is 2170. The van der Waals surface area contributed by atoms with Crippen molar-refractivity contribution in [2.75, 3.05) is 5.32 Å². The molecule has 2 aromatic heterocycles. The second-order valence-electron chi connectivity index (χ2n) is 10.6. The number of nitrogens with one attached hydrogen (secondary N) is 1. The Labute approximate surface area is 257 Å². The molecule has 0 aliphatic heterocycles. The first-order chi connectivity index (χ1) is 21.2. The van der Waals surface area contributed by atoms with Crippen LogP contribution in [0.3, 0.4) is 0 Å². The van der Waals surface area contributed by atoms with Gasteiger partial charge < -0.3 is 25.6 Å². The molecule has 2 heterocycles. The maximum Gasteiger partial charge on any atom is 0.136 e. The van der Waals surface area contributed by atoms with Crippen molar-refractivity contribution in [2.24, 2.45) is 11.5 Å². The molecule has 3 radical (unpaired) electrons. The van der Waals surface area contributed by atoms with Gasteiger partial charge in [0.05, 0.1) is 0 Å². The molecule has 1 atom stereocenters. The van der Waals surface area contributed by atoms with Crippen molar-refractivity contribution in [3.8, 4) is 11.1 Å². The lowest BCUT2D eigenvalue weighted by molar-refractivity contribution is 0.667. The number of benzene rings is 6. The van der Waals surface area contributed by atoms with E-state index in [1.165, 1.54) is 5.56 Å². The summed E-state index contributed by atoms with van der Waals surface area (Å²) in [6, 6.07) is 47.0. The van der Waals surface area contributed by atoms with E-state index in [1.54, 1.807) is 0 Å². The first-order valence-corrected chi connectivity index (χ1v) is 14.4. The van der Waals surface area contributed by atoms with Crippen LogP contribution in [0.1, 0.15) is 17.3 Å². The van der Waals surface area contributed by atoms with Crippen LogP contribution in [0.25, 0.3) is 55.0 Å². The molecule has 0 spiro atoms. The SMILES string of the molecule is NC(Nc1ccccc1)c1ccc2c(c1)oc1ccccc12.NCc1ccc(-c2ccc3c(c2)oc2ccccc23)cc1.[B]. The van der Waals surface area contributed by atoms with Gasteiger partial charge in [0.25, 0.3) is 0 Å². The van der Waals surface area contributed by atoms with E-state index < -0.39 is 0 Å². The maximum absolute atomic E-state index is 6.26. The van der Waals surface area contributed by atoms with Gasteiger partial charge in [-0.2, -0.15) is 0 Å². The minimum Gasteiger partial charge on any atom is -0.456 e. The molecule has 0 saturated heterocycles. The van der Waals surface area contributed by atoms with E-state index in [1.807, 2.05) is 78.9 Å². The minimum absolute atomic E-state index is 0. The Morgan fingerprint density at radius 3 is 1.68 bits per heavy atom. The normalized spacial score (nSPS) is 11.7. The lowest BCUT2D eigenvalue weighted by Crippen LogP contribution is -2.19. The zero-order valence-electron chi connectivity index (χ0n) is 24.1. The van der Waals surface area contributed by atoms with Crippen molar-refractivity contribution in [3.05, 3.63) is 151 Å². The minimum atomic E-state index is -0.278. The van der Waals surface area contributed by atoms with E-state index in [2.05, 4.69) is 66.0 Å². The Kier molecular flexibility index (Phi) is 8.20. The number of furan rings is 2. The average Bonchev–Trinajstić information content (AvgIpc) is 3.63. The monoisotopic (exact) mass is 572 g/mol. The molecule has 0 aliphatic rings. The highest BCUT2D eigenvalue weighted by molar-refractivity contribution is 6.06. The molecule has 0 fully saturated rings. The van der Waals surface area contributed by atoms with E-state index in [0.29, 0.717) is 6.54 Å². The Hall–Kier alpha value is -5.30. The number of nitrogens with two attached hydrogens (primary N) is 2. The second-order valence-corrected chi connectivity index (χ2v) is 10.6. The Balaban J connectivity index is 0.000000153. The Morgan fingerprint density at radius 1 is 0.523 bits per heavy atom. The second kappa shape index (κ2) is 12.5. The summed E-state index contributed by atoms with van der Waals surface area (Å²) in [6.45, 7) is 0.572. The molecule has 44 heavy (non-hydrogen) atoms. The van der Waals surface area contributed by atoms with Gasteiger partial charge in [-0.3, -0.25) is 0 Å². The van der Waals surface area contributed by atoms with Crippen LogP contribution >= 0.6 is 0 Å². The third-order valence-corrected chi connectivity index (χ3v) is 7.76. The molecule has 0 bridgehead atoms. The molecule has 0 saturated carbocycles. The van der Waals surface area contributed by atoms with Gasteiger partial charge in [0.2, 0.25) is 0 Å². The van der Waals surface area contributed by atoms with Gasteiger partial charge in [-0.15, -0.1) is 0 Å². The smallest absolute Gasteiger partial charge is 0.136 e. The fourth-order valence-electron chi connectivity index (χ4n) is 5.47. The molecule has 5 N–H and O–H groups in total. The summed E-state index contributed by atoms with van der Waals surface area (Å²) in [7, 11) is 0. The van der Waals surface area contributed by atoms with Crippen LogP contribution in [0.15, 0.2) is 148 Å². The van der Waals surface area contributed by atoms with Crippen molar-refractivity contribution < 1.29 is 8.83 Å². The van der Waals surface area contributed by atoms with Gasteiger partial charge in [0.15, 0.2) is 0 Å². The standard InChI is InChI=1S/C19H16N2O.C19H15NO.B/c20-19(21-14-6-2-1-3-7-14)13-10-11-16-15-8-4-5-9-17(15)22-18(16)12-13;20-12-13-5-7-14(8-6-13)15-9-10-17-16-3-1-2-4-18(16)21-19(17)11-15;/h1-12,19,21H,20H2;1-11H,12,20H2;. The number of hydrogen-bond donors (Lipinski definition) is 3. The average molecular weight is 572 g/mol. The molecule has 0 amide bonds. The van der Waals surface area contributed by atoms with Gasteiger partial charge in [0.1, 0.15) is 28.5 Å². The van der Waals surface area contributed by atoms with Crippen molar-refractivity contribution >= 4 is 58.0 Å². The summed E-state index contributed by atoms with van der Waals surface area (Å²) < 4.78 is 11.8. The van der Waals surface area contributed by atoms with Crippen LogP contribution in [0.4, 0.5) is 5.69 Å². The Morgan fingerprint density at radius 2 is 1.05 bits per heavy atom. The number of rotatable bonds is 5. The number of anilines is 1.